The number of hydrogen-bond donors (Lipinski definition) is 1. The van der Waals surface area contributed by atoms with Gasteiger partial charge in [0.25, 0.3) is 0 Å². The third-order valence-electron chi connectivity index (χ3n) is 2.19. The molecule has 1 aromatic carbocycles. The molecular formula is C12H15N3. The van der Waals surface area contributed by atoms with Gasteiger partial charge in [-0.3, -0.25) is 4.98 Å². The van der Waals surface area contributed by atoms with E-state index in [0.29, 0.717) is 6.04 Å². The minimum atomic E-state index is 0.471. The van der Waals surface area contributed by atoms with Crippen LogP contribution < -0.4 is 5.32 Å². The number of nitrogens with zero attached hydrogens (tertiary/aromatic N) is 2. The van der Waals surface area contributed by atoms with Crippen LogP contribution in [0, 0.1) is 0 Å². The van der Waals surface area contributed by atoms with Crippen molar-refractivity contribution >= 4 is 11.0 Å². The number of para-hydroxylation sites is 2. The fraction of sp³-hybridized carbons (Fsp3) is 0.333. The normalized spacial score (nSPS) is 11.1. The van der Waals surface area contributed by atoms with Crippen molar-refractivity contribution in [1.29, 1.82) is 0 Å². The first-order valence-electron chi connectivity index (χ1n) is 5.20. The maximum Gasteiger partial charge on any atom is 0.0890 e. The van der Waals surface area contributed by atoms with Gasteiger partial charge in [0.1, 0.15) is 0 Å². The fourth-order valence-electron chi connectivity index (χ4n) is 1.39. The Bertz CT molecular complexity index is 451. The lowest BCUT2D eigenvalue weighted by Gasteiger charge is -2.07. The average Bonchev–Trinajstić information content (AvgIpc) is 2.26. The van der Waals surface area contributed by atoms with Crippen LogP contribution in [0.3, 0.4) is 0 Å². The van der Waals surface area contributed by atoms with Crippen LogP contribution in [-0.4, -0.2) is 16.0 Å². The van der Waals surface area contributed by atoms with E-state index in [0.717, 1.165) is 23.3 Å². The van der Waals surface area contributed by atoms with E-state index >= 15 is 0 Å². The summed E-state index contributed by atoms with van der Waals surface area (Å²) < 4.78 is 0. The van der Waals surface area contributed by atoms with Crippen molar-refractivity contribution in [2.75, 3.05) is 0 Å². The second kappa shape index (κ2) is 4.36. The Morgan fingerprint density at radius 1 is 1.20 bits per heavy atom. The van der Waals surface area contributed by atoms with Gasteiger partial charge in [-0.1, -0.05) is 26.0 Å². The summed E-state index contributed by atoms with van der Waals surface area (Å²) in [7, 11) is 0. The maximum atomic E-state index is 4.52. The standard InChI is InChI=1S/C12H15N3/c1-9(2)13-7-10-8-14-11-5-3-4-6-12(11)15-10/h3-6,8-9,13H,7H2,1-2H3. The van der Waals surface area contributed by atoms with Crippen LogP contribution in [0.1, 0.15) is 19.5 Å². The predicted molar refractivity (Wildman–Crippen MR) is 61.5 cm³/mol. The Hall–Kier alpha value is -1.48. The lowest BCUT2D eigenvalue weighted by Crippen LogP contribution is -2.22. The maximum absolute atomic E-state index is 4.52. The van der Waals surface area contributed by atoms with Crippen LogP contribution in [0.2, 0.25) is 0 Å². The summed E-state index contributed by atoms with van der Waals surface area (Å²) in [4.78, 5) is 8.88. The number of nitrogens with one attached hydrogen (secondary N) is 1. The van der Waals surface area contributed by atoms with E-state index < -0.39 is 0 Å². The first-order valence-corrected chi connectivity index (χ1v) is 5.20. The predicted octanol–water partition coefficient (Wildman–Crippen LogP) is 2.13. The minimum absolute atomic E-state index is 0.471. The van der Waals surface area contributed by atoms with Crippen molar-refractivity contribution in [2.45, 2.75) is 26.4 Å². The molecule has 1 heterocycles. The molecule has 2 rings (SSSR count). The summed E-state index contributed by atoms with van der Waals surface area (Å²) in [5.41, 5.74) is 2.90. The monoisotopic (exact) mass is 201 g/mol. The molecule has 0 aliphatic rings. The van der Waals surface area contributed by atoms with Crippen LogP contribution in [-0.2, 0) is 6.54 Å². The highest BCUT2D eigenvalue weighted by Gasteiger charge is 1.99. The first-order chi connectivity index (χ1) is 7.25. The minimum Gasteiger partial charge on any atom is -0.309 e. The lowest BCUT2D eigenvalue weighted by molar-refractivity contribution is 0.581. The van der Waals surface area contributed by atoms with Gasteiger partial charge in [0.2, 0.25) is 0 Å². The highest BCUT2D eigenvalue weighted by atomic mass is 14.9. The van der Waals surface area contributed by atoms with Crippen LogP contribution in [0.15, 0.2) is 30.5 Å². The van der Waals surface area contributed by atoms with Gasteiger partial charge in [0.15, 0.2) is 0 Å². The third-order valence-corrected chi connectivity index (χ3v) is 2.19. The summed E-state index contributed by atoms with van der Waals surface area (Å²) in [6.07, 6.45) is 1.83. The molecule has 0 aliphatic carbocycles. The zero-order valence-corrected chi connectivity index (χ0v) is 9.07. The Morgan fingerprint density at radius 3 is 2.67 bits per heavy atom. The SMILES string of the molecule is CC(C)NCc1cnc2ccccc2n1. The molecule has 0 fully saturated rings. The summed E-state index contributed by atoms with van der Waals surface area (Å²) >= 11 is 0. The molecule has 0 unspecified atom stereocenters. The molecule has 1 aromatic heterocycles. The highest BCUT2D eigenvalue weighted by molar-refractivity contribution is 5.73. The molecule has 0 bridgehead atoms. The first kappa shape index (κ1) is 10.1. The van der Waals surface area contributed by atoms with E-state index in [2.05, 4.69) is 29.1 Å². The fourth-order valence-corrected chi connectivity index (χ4v) is 1.39. The van der Waals surface area contributed by atoms with Gasteiger partial charge in [-0.25, -0.2) is 4.98 Å². The van der Waals surface area contributed by atoms with E-state index in [4.69, 9.17) is 0 Å². The zero-order valence-electron chi connectivity index (χ0n) is 9.07. The number of hydrogen-bond acceptors (Lipinski definition) is 3. The molecule has 0 atom stereocenters. The second-order valence-electron chi connectivity index (χ2n) is 3.89. The zero-order chi connectivity index (χ0) is 10.7. The third kappa shape index (κ3) is 2.50. The summed E-state index contributed by atoms with van der Waals surface area (Å²) in [5, 5.41) is 3.32. The molecule has 0 radical (unpaired) electrons. The molecule has 0 amide bonds. The summed E-state index contributed by atoms with van der Waals surface area (Å²) in [5.74, 6) is 0. The quantitative estimate of drug-likeness (QED) is 0.826. The second-order valence-corrected chi connectivity index (χ2v) is 3.89. The Morgan fingerprint density at radius 2 is 1.93 bits per heavy atom. The van der Waals surface area contributed by atoms with Gasteiger partial charge in [-0.2, -0.15) is 0 Å². The van der Waals surface area contributed by atoms with Crippen molar-refractivity contribution in [1.82, 2.24) is 15.3 Å². The van der Waals surface area contributed by atoms with Crippen LogP contribution in [0.25, 0.3) is 11.0 Å². The van der Waals surface area contributed by atoms with Gasteiger partial charge < -0.3 is 5.32 Å². The Balaban J connectivity index is 2.23. The van der Waals surface area contributed by atoms with Gasteiger partial charge in [0, 0.05) is 12.6 Å². The van der Waals surface area contributed by atoms with Gasteiger partial charge in [-0.05, 0) is 12.1 Å². The molecule has 0 saturated carbocycles. The van der Waals surface area contributed by atoms with E-state index in [9.17, 15) is 0 Å². The molecular weight excluding hydrogens is 186 g/mol. The van der Waals surface area contributed by atoms with Crippen molar-refractivity contribution in [2.24, 2.45) is 0 Å². The van der Waals surface area contributed by atoms with E-state index in [-0.39, 0.29) is 0 Å². The summed E-state index contributed by atoms with van der Waals surface area (Å²) in [6.45, 7) is 5.01. The van der Waals surface area contributed by atoms with Gasteiger partial charge >= 0.3 is 0 Å². The van der Waals surface area contributed by atoms with Crippen LogP contribution in [0.4, 0.5) is 0 Å². The molecule has 78 valence electrons. The molecule has 0 aliphatic heterocycles. The molecule has 0 spiro atoms. The van der Waals surface area contributed by atoms with Crippen molar-refractivity contribution in [3.05, 3.63) is 36.2 Å². The number of aromatic nitrogens is 2. The molecule has 3 nitrogen and oxygen atoms in total. The smallest absolute Gasteiger partial charge is 0.0890 e. The van der Waals surface area contributed by atoms with Gasteiger partial charge in [0.05, 0.1) is 22.9 Å². The molecule has 3 heteroatoms. The van der Waals surface area contributed by atoms with Crippen molar-refractivity contribution in [3.8, 4) is 0 Å². The molecule has 0 saturated heterocycles. The number of fused-ring (bicyclic) bond motifs is 1. The Kier molecular flexibility index (Phi) is 2.92. The number of benzene rings is 1. The van der Waals surface area contributed by atoms with Gasteiger partial charge in [-0.15, -0.1) is 0 Å². The number of rotatable bonds is 3. The highest BCUT2D eigenvalue weighted by Crippen LogP contribution is 2.08. The van der Waals surface area contributed by atoms with E-state index in [1.807, 2.05) is 30.5 Å². The topological polar surface area (TPSA) is 37.8 Å². The molecule has 15 heavy (non-hydrogen) atoms. The Labute approximate surface area is 89.6 Å². The summed E-state index contributed by atoms with van der Waals surface area (Å²) in [6, 6.07) is 8.39. The largest absolute Gasteiger partial charge is 0.309 e. The average molecular weight is 201 g/mol. The lowest BCUT2D eigenvalue weighted by atomic mass is 10.3. The van der Waals surface area contributed by atoms with Crippen LogP contribution in [0.5, 0.6) is 0 Å². The van der Waals surface area contributed by atoms with E-state index in [1.165, 1.54) is 0 Å². The van der Waals surface area contributed by atoms with Crippen LogP contribution >= 0.6 is 0 Å². The van der Waals surface area contributed by atoms with Crippen molar-refractivity contribution in [3.63, 3.8) is 0 Å². The van der Waals surface area contributed by atoms with E-state index in [1.54, 1.807) is 0 Å². The van der Waals surface area contributed by atoms with Crippen molar-refractivity contribution < 1.29 is 0 Å². The molecule has 2 aromatic rings. The molecule has 1 N–H and O–H groups in total.